The standard InChI is InChI=1S/C13H16FN3O/c1-10-2-3-11(6-13(10)14)7-15-12-8-16-17(9-12)4-5-18/h2-3,6,8-9,15,18H,4-5,7H2,1H3. The van der Waals surface area contributed by atoms with Crippen molar-refractivity contribution in [2.45, 2.75) is 20.0 Å². The van der Waals surface area contributed by atoms with Crippen LogP contribution in [0.2, 0.25) is 0 Å². The van der Waals surface area contributed by atoms with Crippen molar-refractivity contribution in [3.63, 3.8) is 0 Å². The lowest BCUT2D eigenvalue weighted by Crippen LogP contribution is -2.02. The van der Waals surface area contributed by atoms with Gasteiger partial charge in [-0.2, -0.15) is 5.10 Å². The maximum absolute atomic E-state index is 13.3. The van der Waals surface area contributed by atoms with Gasteiger partial charge >= 0.3 is 0 Å². The number of anilines is 1. The van der Waals surface area contributed by atoms with Gasteiger partial charge in [-0.3, -0.25) is 4.68 Å². The Morgan fingerprint density at radius 2 is 2.28 bits per heavy atom. The molecule has 0 saturated carbocycles. The maximum atomic E-state index is 13.3. The summed E-state index contributed by atoms with van der Waals surface area (Å²) in [6.07, 6.45) is 3.49. The van der Waals surface area contributed by atoms with Gasteiger partial charge in [0.1, 0.15) is 5.82 Å². The molecular weight excluding hydrogens is 233 g/mol. The molecule has 18 heavy (non-hydrogen) atoms. The Labute approximate surface area is 105 Å². The quantitative estimate of drug-likeness (QED) is 0.851. The first kappa shape index (κ1) is 12.6. The van der Waals surface area contributed by atoms with Crippen LogP contribution in [0.5, 0.6) is 0 Å². The Kier molecular flexibility index (Phi) is 3.94. The van der Waals surface area contributed by atoms with Crippen molar-refractivity contribution in [3.05, 3.63) is 47.5 Å². The van der Waals surface area contributed by atoms with Gasteiger partial charge in [-0.05, 0) is 24.1 Å². The van der Waals surface area contributed by atoms with E-state index < -0.39 is 0 Å². The van der Waals surface area contributed by atoms with E-state index in [-0.39, 0.29) is 12.4 Å². The van der Waals surface area contributed by atoms with Gasteiger partial charge in [0, 0.05) is 12.7 Å². The first-order valence-corrected chi connectivity index (χ1v) is 5.81. The normalized spacial score (nSPS) is 10.6. The highest BCUT2D eigenvalue weighted by Gasteiger charge is 2.01. The molecule has 1 heterocycles. The highest BCUT2D eigenvalue weighted by Crippen LogP contribution is 2.12. The van der Waals surface area contributed by atoms with Crippen LogP contribution in [0.15, 0.2) is 30.6 Å². The molecule has 0 aliphatic carbocycles. The number of halogens is 1. The van der Waals surface area contributed by atoms with Gasteiger partial charge in [0.2, 0.25) is 0 Å². The van der Waals surface area contributed by atoms with E-state index >= 15 is 0 Å². The molecular formula is C13H16FN3O. The number of aromatic nitrogens is 2. The summed E-state index contributed by atoms with van der Waals surface area (Å²) in [7, 11) is 0. The van der Waals surface area contributed by atoms with E-state index in [0.29, 0.717) is 18.7 Å². The molecule has 0 aliphatic rings. The molecule has 2 rings (SSSR count). The third-order valence-electron chi connectivity index (χ3n) is 2.70. The molecule has 0 unspecified atom stereocenters. The number of aryl methyl sites for hydroxylation is 1. The maximum Gasteiger partial charge on any atom is 0.126 e. The molecule has 0 saturated heterocycles. The summed E-state index contributed by atoms with van der Waals surface area (Å²) < 4.78 is 15.0. The molecule has 4 nitrogen and oxygen atoms in total. The number of hydrogen-bond donors (Lipinski definition) is 2. The fourth-order valence-electron chi connectivity index (χ4n) is 1.63. The van der Waals surface area contributed by atoms with E-state index in [2.05, 4.69) is 10.4 Å². The molecule has 96 valence electrons. The van der Waals surface area contributed by atoms with Crippen LogP contribution < -0.4 is 5.32 Å². The van der Waals surface area contributed by atoms with E-state index in [0.717, 1.165) is 11.3 Å². The van der Waals surface area contributed by atoms with Crippen molar-refractivity contribution >= 4 is 5.69 Å². The van der Waals surface area contributed by atoms with Crippen molar-refractivity contribution < 1.29 is 9.50 Å². The minimum Gasteiger partial charge on any atom is -0.394 e. The summed E-state index contributed by atoms with van der Waals surface area (Å²) in [5.74, 6) is -0.190. The van der Waals surface area contributed by atoms with Crippen molar-refractivity contribution in [3.8, 4) is 0 Å². The minimum atomic E-state index is -0.190. The summed E-state index contributed by atoms with van der Waals surface area (Å²) in [5.41, 5.74) is 2.38. The number of hydrogen-bond acceptors (Lipinski definition) is 3. The smallest absolute Gasteiger partial charge is 0.126 e. The predicted octanol–water partition coefficient (Wildman–Crippen LogP) is 1.94. The zero-order valence-electron chi connectivity index (χ0n) is 10.2. The molecule has 0 bridgehead atoms. The Balaban J connectivity index is 1.95. The van der Waals surface area contributed by atoms with Crippen molar-refractivity contribution in [2.24, 2.45) is 0 Å². The average molecular weight is 249 g/mol. The van der Waals surface area contributed by atoms with Crippen LogP contribution in [-0.4, -0.2) is 21.5 Å². The average Bonchev–Trinajstić information content (AvgIpc) is 2.79. The Morgan fingerprint density at radius 3 is 3.00 bits per heavy atom. The number of aliphatic hydroxyl groups is 1. The lowest BCUT2D eigenvalue weighted by molar-refractivity contribution is 0.269. The van der Waals surface area contributed by atoms with Crippen molar-refractivity contribution in [1.82, 2.24) is 9.78 Å². The fourth-order valence-corrected chi connectivity index (χ4v) is 1.63. The molecule has 1 aromatic carbocycles. The Bertz CT molecular complexity index is 525. The molecule has 0 fully saturated rings. The molecule has 2 aromatic rings. The number of nitrogens with zero attached hydrogens (tertiary/aromatic N) is 2. The topological polar surface area (TPSA) is 50.1 Å². The summed E-state index contributed by atoms with van der Waals surface area (Å²) in [6.45, 7) is 2.82. The van der Waals surface area contributed by atoms with Crippen LogP contribution in [0.3, 0.4) is 0 Å². The second-order valence-electron chi connectivity index (χ2n) is 4.15. The molecule has 0 radical (unpaired) electrons. The first-order valence-electron chi connectivity index (χ1n) is 5.81. The SMILES string of the molecule is Cc1ccc(CNc2cnn(CCO)c2)cc1F. The second-order valence-corrected chi connectivity index (χ2v) is 4.15. The van der Waals surface area contributed by atoms with E-state index in [1.807, 2.05) is 6.07 Å². The Morgan fingerprint density at radius 1 is 1.44 bits per heavy atom. The minimum absolute atomic E-state index is 0.0598. The molecule has 0 spiro atoms. The zero-order valence-corrected chi connectivity index (χ0v) is 10.2. The second kappa shape index (κ2) is 5.64. The summed E-state index contributed by atoms with van der Waals surface area (Å²) in [6, 6.07) is 5.19. The first-order chi connectivity index (χ1) is 8.69. The lowest BCUT2D eigenvalue weighted by Gasteiger charge is -2.05. The monoisotopic (exact) mass is 249 g/mol. The van der Waals surface area contributed by atoms with Gasteiger partial charge in [-0.1, -0.05) is 12.1 Å². The third kappa shape index (κ3) is 3.07. The van der Waals surface area contributed by atoms with Gasteiger partial charge in [0.05, 0.1) is 25.0 Å². The summed E-state index contributed by atoms with van der Waals surface area (Å²) in [5, 5.41) is 16.0. The van der Waals surface area contributed by atoms with Crippen LogP contribution in [0.1, 0.15) is 11.1 Å². The number of rotatable bonds is 5. The highest BCUT2D eigenvalue weighted by atomic mass is 19.1. The molecule has 0 amide bonds. The van der Waals surface area contributed by atoms with Gasteiger partial charge in [0.25, 0.3) is 0 Å². The van der Waals surface area contributed by atoms with Crippen LogP contribution in [0, 0.1) is 12.7 Å². The van der Waals surface area contributed by atoms with Crippen molar-refractivity contribution in [2.75, 3.05) is 11.9 Å². The Hall–Kier alpha value is -1.88. The van der Waals surface area contributed by atoms with Gasteiger partial charge in [-0.15, -0.1) is 0 Å². The molecule has 5 heteroatoms. The largest absolute Gasteiger partial charge is 0.394 e. The van der Waals surface area contributed by atoms with Gasteiger partial charge in [-0.25, -0.2) is 4.39 Å². The summed E-state index contributed by atoms with van der Waals surface area (Å²) >= 11 is 0. The number of nitrogens with one attached hydrogen (secondary N) is 1. The van der Waals surface area contributed by atoms with Gasteiger partial charge < -0.3 is 10.4 Å². The molecule has 0 atom stereocenters. The van der Waals surface area contributed by atoms with Crippen molar-refractivity contribution in [1.29, 1.82) is 0 Å². The van der Waals surface area contributed by atoms with Crippen LogP contribution in [-0.2, 0) is 13.1 Å². The third-order valence-corrected chi connectivity index (χ3v) is 2.70. The molecule has 1 aromatic heterocycles. The van der Waals surface area contributed by atoms with Crippen LogP contribution in [0.4, 0.5) is 10.1 Å². The van der Waals surface area contributed by atoms with Crippen LogP contribution in [0.25, 0.3) is 0 Å². The zero-order chi connectivity index (χ0) is 13.0. The fraction of sp³-hybridized carbons (Fsp3) is 0.308. The van der Waals surface area contributed by atoms with E-state index in [9.17, 15) is 4.39 Å². The highest BCUT2D eigenvalue weighted by molar-refractivity contribution is 5.39. The van der Waals surface area contributed by atoms with E-state index in [1.54, 1.807) is 30.1 Å². The van der Waals surface area contributed by atoms with E-state index in [1.165, 1.54) is 6.07 Å². The summed E-state index contributed by atoms with van der Waals surface area (Å²) in [4.78, 5) is 0. The predicted molar refractivity (Wildman–Crippen MR) is 67.8 cm³/mol. The van der Waals surface area contributed by atoms with Gasteiger partial charge in [0.15, 0.2) is 0 Å². The molecule has 0 aliphatic heterocycles. The number of aliphatic hydroxyl groups excluding tert-OH is 1. The number of benzene rings is 1. The molecule has 2 N–H and O–H groups in total. The lowest BCUT2D eigenvalue weighted by atomic mass is 10.1. The van der Waals surface area contributed by atoms with E-state index in [4.69, 9.17) is 5.11 Å². The van der Waals surface area contributed by atoms with Crippen LogP contribution >= 0.6 is 0 Å².